The number of carbonyl (C=O) groups is 2. The summed E-state index contributed by atoms with van der Waals surface area (Å²) in [5.74, 6) is 0.217. The molecular weight excluding hydrogens is 182 g/mol. The van der Waals surface area contributed by atoms with Gasteiger partial charge in [0.1, 0.15) is 0 Å². The Morgan fingerprint density at radius 1 is 1.57 bits per heavy atom. The maximum Gasteiger partial charge on any atom is 0.311 e. The van der Waals surface area contributed by atoms with Crippen molar-refractivity contribution in [1.29, 1.82) is 0 Å². The minimum absolute atomic E-state index is 0.0281. The molecule has 2 bridgehead atoms. The van der Waals surface area contributed by atoms with E-state index in [1.54, 1.807) is 6.92 Å². The van der Waals surface area contributed by atoms with Crippen molar-refractivity contribution in [3.63, 3.8) is 0 Å². The number of amides is 1. The van der Waals surface area contributed by atoms with Crippen LogP contribution in [0.3, 0.4) is 0 Å². The van der Waals surface area contributed by atoms with Crippen molar-refractivity contribution in [3.8, 4) is 0 Å². The summed E-state index contributed by atoms with van der Waals surface area (Å²) in [6, 6.07) is 0.0281. The van der Waals surface area contributed by atoms with Gasteiger partial charge in [-0.3, -0.25) is 9.59 Å². The second-order valence-corrected chi connectivity index (χ2v) is 4.07. The molecule has 14 heavy (non-hydrogen) atoms. The smallest absolute Gasteiger partial charge is 0.311 e. The summed E-state index contributed by atoms with van der Waals surface area (Å²) in [7, 11) is 0. The third kappa shape index (κ3) is 1.61. The van der Waals surface area contributed by atoms with Gasteiger partial charge in [-0.15, -0.1) is 0 Å². The molecular formula is C10H15NO3. The Balaban J connectivity index is 2.02. The Hall–Kier alpha value is -1.06. The van der Waals surface area contributed by atoms with E-state index in [0.29, 0.717) is 18.9 Å². The summed E-state index contributed by atoms with van der Waals surface area (Å²) in [6.07, 6.45) is 2.32. The van der Waals surface area contributed by atoms with Crippen molar-refractivity contribution in [3.05, 3.63) is 0 Å². The van der Waals surface area contributed by atoms with E-state index in [1.807, 2.05) is 0 Å². The first-order valence-corrected chi connectivity index (χ1v) is 5.16. The van der Waals surface area contributed by atoms with E-state index in [9.17, 15) is 9.59 Å². The molecule has 0 radical (unpaired) electrons. The minimum Gasteiger partial charge on any atom is -0.466 e. The highest BCUT2D eigenvalue weighted by Gasteiger charge is 2.44. The lowest BCUT2D eigenvalue weighted by Gasteiger charge is -2.21. The summed E-state index contributed by atoms with van der Waals surface area (Å²) in [5.41, 5.74) is 0. The molecule has 1 heterocycles. The molecule has 2 fully saturated rings. The molecule has 1 saturated carbocycles. The van der Waals surface area contributed by atoms with E-state index in [0.717, 1.165) is 12.8 Å². The lowest BCUT2D eigenvalue weighted by molar-refractivity contribution is -0.148. The van der Waals surface area contributed by atoms with Crippen molar-refractivity contribution in [2.75, 3.05) is 6.61 Å². The zero-order valence-corrected chi connectivity index (χ0v) is 8.29. The molecule has 0 spiro atoms. The maximum absolute atomic E-state index is 11.5. The van der Waals surface area contributed by atoms with Crippen LogP contribution in [0.25, 0.3) is 0 Å². The van der Waals surface area contributed by atoms with Crippen LogP contribution in [0.2, 0.25) is 0 Å². The van der Waals surface area contributed by atoms with Gasteiger partial charge >= 0.3 is 5.97 Å². The van der Waals surface area contributed by atoms with Crippen LogP contribution in [0, 0.1) is 11.8 Å². The Morgan fingerprint density at radius 3 is 3.07 bits per heavy atom. The van der Waals surface area contributed by atoms with Gasteiger partial charge in [0, 0.05) is 12.5 Å². The first-order chi connectivity index (χ1) is 6.70. The number of nitrogens with one attached hydrogen (secondary N) is 1. The highest BCUT2D eigenvalue weighted by atomic mass is 16.5. The van der Waals surface area contributed by atoms with Crippen molar-refractivity contribution in [2.45, 2.75) is 32.2 Å². The minimum atomic E-state index is -0.151. The van der Waals surface area contributed by atoms with E-state index in [4.69, 9.17) is 4.74 Å². The number of piperidine rings is 1. The van der Waals surface area contributed by atoms with E-state index in [2.05, 4.69) is 5.32 Å². The number of ether oxygens (including phenoxy) is 1. The van der Waals surface area contributed by atoms with Crippen LogP contribution in [0.4, 0.5) is 0 Å². The fraction of sp³-hybridized carbons (Fsp3) is 0.800. The largest absolute Gasteiger partial charge is 0.466 e. The topological polar surface area (TPSA) is 55.4 Å². The Morgan fingerprint density at radius 2 is 2.36 bits per heavy atom. The number of esters is 1. The molecule has 1 amide bonds. The van der Waals surface area contributed by atoms with Crippen molar-refractivity contribution in [2.24, 2.45) is 11.8 Å². The van der Waals surface area contributed by atoms with E-state index in [-0.39, 0.29) is 23.8 Å². The molecule has 1 aliphatic heterocycles. The Kier molecular flexibility index (Phi) is 2.44. The average molecular weight is 197 g/mol. The molecule has 1 saturated heterocycles. The lowest BCUT2D eigenvalue weighted by atomic mass is 10.0. The van der Waals surface area contributed by atoms with Crippen molar-refractivity contribution < 1.29 is 14.3 Å². The quantitative estimate of drug-likeness (QED) is 0.654. The first-order valence-electron chi connectivity index (χ1n) is 5.16. The van der Waals surface area contributed by atoms with Gasteiger partial charge in [0.15, 0.2) is 0 Å². The molecule has 3 atom stereocenters. The monoisotopic (exact) mass is 197 g/mol. The number of hydrogen-bond donors (Lipinski definition) is 1. The van der Waals surface area contributed by atoms with E-state index < -0.39 is 0 Å². The van der Waals surface area contributed by atoms with Gasteiger partial charge in [0.2, 0.25) is 5.91 Å². The zero-order chi connectivity index (χ0) is 10.1. The summed E-state index contributed by atoms with van der Waals surface area (Å²) < 4.78 is 4.98. The lowest BCUT2D eigenvalue weighted by Crippen LogP contribution is -2.42. The third-order valence-electron chi connectivity index (χ3n) is 3.07. The number of carbonyl (C=O) groups excluding carboxylic acids is 2. The van der Waals surface area contributed by atoms with Crippen LogP contribution >= 0.6 is 0 Å². The highest BCUT2D eigenvalue weighted by Crippen LogP contribution is 2.37. The fourth-order valence-corrected chi connectivity index (χ4v) is 2.51. The Bertz CT molecular complexity index is 264. The molecule has 2 aliphatic rings. The van der Waals surface area contributed by atoms with Crippen LogP contribution in [0.15, 0.2) is 0 Å². The van der Waals surface area contributed by atoms with Crippen LogP contribution in [-0.4, -0.2) is 24.5 Å². The average Bonchev–Trinajstić information content (AvgIpc) is 2.42. The molecule has 4 heteroatoms. The normalized spacial score (nSPS) is 35.2. The third-order valence-corrected chi connectivity index (χ3v) is 3.07. The molecule has 0 aromatic carbocycles. The summed E-state index contributed by atoms with van der Waals surface area (Å²) in [5, 5.41) is 2.86. The van der Waals surface area contributed by atoms with Gasteiger partial charge in [-0.25, -0.2) is 0 Å². The molecule has 0 unspecified atom stereocenters. The second-order valence-electron chi connectivity index (χ2n) is 4.07. The molecule has 1 N–H and O–H groups in total. The Labute approximate surface area is 83.0 Å². The molecule has 0 aromatic heterocycles. The SMILES string of the molecule is CCOC(=O)[C@H]1C[C@H]2CC(=O)N[C@H]1C2. The van der Waals surface area contributed by atoms with Gasteiger partial charge in [-0.2, -0.15) is 0 Å². The van der Waals surface area contributed by atoms with Crippen molar-refractivity contribution >= 4 is 11.9 Å². The van der Waals surface area contributed by atoms with Crippen molar-refractivity contribution in [1.82, 2.24) is 5.32 Å². The molecule has 2 rings (SSSR count). The summed E-state index contributed by atoms with van der Waals surface area (Å²) in [6.45, 7) is 2.22. The van der Waals surface area contributed by atoms with Gasteiger partial charge in [0.05, 0.1) is 12.5 Å². The first kappa shape index (κ1) is 9.49. The van der Waals surface area contributed by atoms with E-state index >= 15 is 0 Å². The highest BCUT2D eigenvalue weighted by molar-refractivity contribution is 5.81. The predicted molar refractivity (Wildman–Crippen MR) is 49.4 cm³/mol. The molecule has 4 nitrogen and oxygen atoms in total. The summed E-state index contributed by atoms with van der Waals surface area (Å²) >= 11 is 0. The fourth-order valence-electron chi connectivity index (χ4n) is 2.51. The van der Waals surface area contributed by atoms with Crippen LogP contribution in [-0.2, 0) is 14.3 Å². The number of rotatable bonds is 2. The molecule has 78 valence electrons. The predicted octanol–water partition coefficient (Wildman–Crippen LogP) is 0.464. The molecule has 0 aromatic rings. The van der Waals surface area contributed by atoms with Crippen LogP contribution in [0.1, 0.15) is 26.2 Å². The van der Waals surface area contributed by atoms with Gasteiger partial charge in [-0.05, 0) is 25.7 Å². The summed E-state index contributed by atoms with van der Waals surface area (Å²) in [4.78, 5) is 22.7. The maximum atomic E-state index is 11.5. The molecule has 1 aliphatic carbocycles. The van der Waals surface area contributed by atoms with Gasteiger partial charge < -0.3 is 10.1 Å². The van der Waals surface area contributed by atoms with Crippen LogP contribution in [0.5, 0.6) is 0 Å². The second kappa shape index (κ2) is 3.59. The van der Waals surface area contributed by atoms with Gasteiger partial charge in [0.25, 0.3) is 0 Å². The van der Waals surface area contributed by atoms with Crippen LogP contribution < -0.4 is 5.32 Å². The van der Waals surface area contributed by atoms with E-state index in [1.165, 1.54) is 0 Å². The number of fused-ring (bicyclic) bond motifs is 2. The standard InChI is InChI=1S/C10H15NO3/c1-2-14-10(13)7-3-6-4-8(7)11-9(12)5-6/h6-8H,2-5H2,1H3,(H,11,12)/t6-,7+,8+/m1/s1. The van der Waals surface area contributed by atoms with Gasteiger partial charge in [-0.1, -0.05) is 0 Å². The zero-order valence-electron chi connectivity index (χ0n) is 8.29. The number of hydrogen-bond acceptors (Lipinski definition) is 3.